The summed E-state index contributed by atoms with van der Waals surface area (Å²) in [4.78, 5) is 16.1. The molecule has 0 fully saturated rings. The number of hydrogen-bond acceptors (Lipinski definition) is 2. The van der Waals surface area contributed by atoms with Gasteiger partial charge in [0.05, 0.1) is 5.69 Å². The summed E-state index contributed by atoms with van der Waals surface area (Å²) < 4.78 is 28.7. The number of carbonyl (C=O) groups excluding carboxylic acids is 1. The molecule has 0 spiro atoms. The maximum Gasteiger partial charge on any atom is 0.180 e. The fraction of sp³-hybridized carbons (Fsp3) is 0.125. The van der Waals surface area contributed by atoms with Gasteiger partial charge in [-0.05, 0) is 31.2 Å². The van der Waals surface area contributed by atoms with Crippen molar-refractivity contribution in [3.05, 3.63) is 59.4 Å². The zero-order valence-electron chi connectivity index (χ0n) is 11.5. The van der Waals surface area contributed by atoms with Crippen LogP contribution in [0.5, 0.6) is 0 Å². The normalized spacial score (nSPS) is 11.0. The average molecular weight is 286 g/mol. The molecular formula is C16H12F2N2O. The lowest BCUT2D eigenvalue weighted by molar-refractivity contribution is 0.101. The van der Waals surface area contributed by atoms with E-state index < -0.39 is 11.6 Å². The molecule has 0 radical (unpaired) electrons. The molecule has 0 saturated heterocycles. The minimum atomic E-state index is -0.692. The summed E-state index contributed by atoms with van der Waals surface area (Å²) in [7, 11) is 0. The molecule has 0 atom stereocenters. The number of imidazole rings is 1. The van der Waals surface area contributed by atoms with E-state index in [1.54, 1.807) is 10.5 Å². The Labute approximate surface area is 119 Å². The van der Waals surface area contributed by atoms with Gasteiger partial charge in [-0.3, -0.25) is 9.20 Å². The van der Waals surface area contributed by atoms with E-state index in [1.807, 2.05) is 19.1 Å². The predicted octanol–water partition coefficient (Wildman–Crippen LogP) is 3.79. The Hall–Kier alpha value is -2.56. The van der Waals surface area contributed by atoms with Crippen LogP contribution < -0.4 is 0 Å². The van der Waals surface area contributed by atoms with E-state index in [2.05, 4.69) is 4.98 Å². The summed E-state index contributed by atoms with van der Waals surface area (Å²) in [5.74, 6) is -1.64. The number of hydrogen-bond donors (Lipinski definition) is 0. The second-order valence-electron chi connectivity index (χ2n) is 4.88. The van der Waals surface area contributed by atoms with Gasteiger partial charge >= 0.3 is 0 Å². The zero-order chi connectivity index (χ0) is 15.1. The molecule has 1 aromatic carbocycles. The Morgan fingerprint density at radius 1 is 1.14 bits per heavy atom. The predicted molar refractivity (Wildman–Crippen MR) is 75.3 cm³/mol. The Bertz CT molecular complexity index is 848. The molecule has 0 N–H and O–H groups in total. The highest BCUT2D eigenvalue weighted by atomic mass is 19.1. The fourth-order valence-corrected chi connectivity index (χ4v) is 2.46. The lowest BCUT2D eigenvalue weighted by Crippen LogP contribution is -1.99. The van der Waals surface area contributed by atoms with Crippen molar-refractivity contribution >= 4 is 11.4 Å². The molecule has 0 saturated carbocycles. The van der Waals surface area contributed by atoms with Crippen LogP contribution in [0.15, 0.2) is 36.4 Å². The van der Waals surface area contributed by atoms with Crippen LogP contribution in [0.25, 0.3) is 16.9 Å². The van der Waals surface area contributed by atoms with E-state index in [1.165, 1.54) is 19.1 Å². The molecule has 3 aromatic rings. The van der Waals surface area contributed by atoms with Crippen molar-refractivity contribution in [1.29, 1.82) is 0 Å². The quantitative estimate of drug-likeness (QED) is 0.672. The summed E-state index contributed by atoms with van der Waals surface area (Å²) in [5, 5.41) is 0. The molecule has 2 aromatic heterocycles. The van der Waals surface area contributed by atoms with Crippen molar-refractivity contribution in [2.75, 3.05) is 0 Å². The summed E-state index contributed by atoms with van der Waals surface area (Å²) >= 11 is 0. The zero-order valence-corrected chi connectivity index (χ0v) is 11.5. The topological polar surface area (TPSA) is 34.4 Å². The molecular weight excluding hydrogens is 274 g/mol. The van der Waals surface area contributed by atoms with Crippen molar-refractivity contribution < 1.29 is 13.6 Å². The maximum atomic E-state index is 13.5. The average Bonchev–Trinajstić information content (AvgIpc) is 2.78. The first-order chi connectivity index (χ1) is 9.97. The fourth-order valence-electron chi connectivity index (χ4n) is 2.46. The monoisotopic (exact) mass is 286 g/mol. The van der Waals surface area contributed by atoms with Crippen molar-refractivity contribution in [3.8, 4) is 11.3 Å². The second kappa shape index (κ2) is 4.77. The van der Waals surface area contributed by atoms with Gasteiger partial charge < -0.3 is 0 Å². The smallest absolute Gasteiger partial charge is 0.180 e. The SMILES string of the molecule is CC(=O)c1nc2cccc(C)n2c1-c1cc(F)cc(F)c1. The van der Waals surface area contributed by atoms with Crippen LogP contribution in [-0.2, 0) is 0 Å². The molecule has 0 aliphatic heterocycles. The van der Waals surface area contributed by atoms with Crippen molar-refractivity contribution in [3.63, 3.8) is 0 Å². The van der Waals surface area contributed by atoms with Gasteiger partial charge in [0.25, 0.3) is 0 Å². The summed E-state index contributed by atoms with van der Waals surface area (Å²) in [5.41, 5.74) is 2.30. The van der Waals surface area contributed by atoms with Gasteiger partial charge in [0, 0.05) is 24.2 Å². The summed E-state index contributed by atoms with van der Waals surface area (Å²) in [6.45, 7) is 3.23. The lowest BCUT2D eigenvalue weighted by Gasteiger charge is -2.07. The Morgan fingerprint density at radius 2 is 1.81 bits per heavy atom. The number of aryl methyl sites for hydroxylation is 1. The molecule has 5 heteroatoms. The van der Waals surface area contributed by atoms with Gasteiger partial charge in [-0.2, -0.15) is 0 Å². The standard InChI is InChI=1S/C16H12F2N2O/c1-9-4-3-5-14-19-15(10(2)21)16(20(9)14)11-6-12(17)8-13(18)7-11/h3-8H,1-2H3. The first-order valence-electron chi connectivity index (χ1n) is 6.43. The highest BCUT2D eigenvalue weighted by Gasteiger charge is 2.19. The van der Waals surface area contributed by atoms with E-state index in [-0.39, 0.29) is 11.5 Å². The number of fused-ring (bicyclic) bond motifs is 1. The molecule has 3 nitrogen and oxygen atoms in total. The molecule has 0 aliphatic carbocycles. The molecule has 21 heavy (non-hydrogen) atoms. The van der Waals surface area contributed by atoms with Crippen molar-refractivity contribution in [1.82, 2.24) is 9.38 Å². The van der Waals surface area contributed by atoms with Crippen LogP contribution in [0.3, 0.4) is 0 Å². The molecule has 0 unspecified atom stereocenters. The van der Waals surface area contributed by atoms with E-state index in [0.29, 0.717) is 16.9 Å². The molecule has 2 heterocycles. The largest absolute Gasteiger partial charge is 0.296 e. The number of Topliss-reactive ketones (excluding diaryl/α,β-unsaturated/α-hetero) is 1. The first-order valence-corrected chi connectivity index (χ1v) is 6.43. The van der Waals surface area contributed by atoms with Gasteiger partial charge in [-0.15, -0.1) is 0 Å². The number of aromatic nitrogens is 2. The third kappa shape index (κ3) is 2.20. The summed E-state index contributed by atoms with van der Waals surface area (Å²) in [6, 6.07) is 8.61. The molecule has 0 amide bonds. The van der Waals surface area contributed by atoms with E-state index in [0.717, 1.165) is 11.8 Å². The minimum Gasteiger partial charge on any atom is -0.296 e. The van der Waals surface area contributed by atoms with Gasteiger partial charge in [0.2, 0.25) is 0 Å². The maximum absolute atomic E-state index is 13.5. The second-order valence-corrected chi connectivity index (χ2v) is 4.88. The third-order valence-corrected chi connectivity index (χ3v) is 3.31. The van der Waals surface area contributed by atoms with Gasteiger partial charge in [0.1, 0.15) is 23.0 Å². The van der Waals surface area contributed by atoms with Crippen molar-refractivity contribution in [2.45, 2.75) is 13.8 Å². The van der Waals surface area contributed by atoms with Crippen LogP contribution in [0.4, 0.5) is 8.78 Å². The molecule has 0 bridgehead atoms. The van der Waals surface area contributed by atoms with Crippen LogP contribution >= 0.6 is 0 Å². The third-order valence-electron chi connectivity index (χ3n) is 3.31. The van der Waals surface area contributed by atoms with Crippen LogP contribution in [0.2, 0.25) is 0 Å². The van der Waals surface area contributed by atoms with E-state index >= 15 is 0 Å². The number of nitrogens with zero attached hydrogens (tertiary/aromatic N) is 2. The number of ketones is 1. The van der Waals surface area contributed by atoms with E-state index in [9.17, 15) is 13.6 Å². The van der Waals surface area contributed by atoms with Gasteiger partial charge in [-0.1, -0.05) is 6.07 Å². The molecule has 0 aliphatic rings. The first kappa shape index (κ1) is 13.4. The molecule has 106 valence electrons. The number of rotatable bonds is 2. The van der Waals surface area contributed by atoms with Crippen LogP contribution in [0, 0.1) is 18.6 Å². The summed E-state index contributed by atoms with van der Waals surface area (Å²) in [6.07, 6.45) is 0. The number of halogens is 2. The number of pyridine rings is 1. The lowest BCUT2D eigenvalue weighted by atomic mass is 10.1. The Balaban J connectivity index is 2.44. The Morgan fingerprint density at radius 3 is 2.43 bits per heavy atom. The highest BCUT2D eigenvalue weighted by Crippen LogP contribution is 2.28. The molecule has 3 rings (SSSR count). The van der Waals surface area contributed by atoms with Crippen molar-refractivity contribution in [2.24, 2.45) is 0 Å². The Kier molecular flexibility index (Phi) is 3.05. The van der Waals surface area contributed by atoms with Gasteiger partial charge in [0.15, 0.2) is 5.78 Å². The van der Waals surface area contributed by atoms with E-state index in [4.69, 9.17) is 0 Å². The van der Waals surface area contributed by atoms with Gasteiger partial charge in [-0.25, -0.2) is 13.8 Å². The highest BCUT2D eigenvalue weighted by molar-refractivity contribution is 5.99. The van der Waals surface area contributed by atoms with Crippen LogP contribution in [0.1, 0.15) is 23.1 Å². The van der Waals surface area contributed by atoms with Crippen LogP contribution in [-0.4, -0.2) is 15.2 Å². The number of benzene rings is 1. The number of carbonyl (C=O) groups is 1. The minimum absolute atomic E-state index is 0.203.